The number of aliphatic hydroxyl groups excluding tert-OH is 1. The third-order valence-corrected chi connectivity index (χ3v) is 2.81. The molecular formula is C14H23NO3. The Balaban J connectivity index is 2.35. The number of hydrogen-bond donors (Lipinski definition) is 2. The van der Waals surface area contributed by atoms with Crippen LogP contribution in [-0.2, 0) is 0 Å². The average Bonchev–Trinajstić information content (AvgIpc) is 2.42. The summed E-state index contributed by atoms with van der Waals surface area (Å²) in [6, 6.07) is 7.83. The van der Waals surface area contributed by atoms with Crippen molar-refractivity contribution in [1.82, 2.24) is 5.32 Å². The molecule has 0 amide bonds. The van der Waals surface area contributed by atoms with Gasteiger partial charge >= 0.3 is 0 Å². The summed E-state index contributed by atoms with van der Waals surface area (Å²) in [5.74, 6) is 1.34. The van der Waals surface area contributed by atoms with Crippen molar-refractivity contribution >= 4 is 0 Å². The van der Waals surface area contributed by atoms with E-state index in [-0.39, 0.29) is 6.61 Å². The van der Waals surface area contributed by atoms with Crippen LogP contribution in [0, 0.1) is 0 Å². The molecule has 18 heavy (non-hydrogen) atoms. The minimum Gasteiger partial charge on any atom is -0.493 e. The highest BCUT2D eigenvalue weighted by Gasteiger charge is 2.09. The molecule has 0 fully saturated rings. The van der Waals surface area contributed by atoms with Gasteiger partial charge in [-0.05, 0) is 25.5 Å². The van der Waals surface area contributed by atoms with Crippen molar-refractivity contribution in [2.45, 2.75) is 32.4 Å². The monoisotopic (exact) mass is 253 g/mol. The topological polar surface area (TPSA) is 50.7 Å². The number of aliphatic hydroxyl groups is 1. The van der Waals surface area contributed by atoms with Crippen LogP contribution in [0.3, 0.4) is 0 Å². The lowest BCUT2D eigenvalue weighted by Gasteiger charge is -2.17. The zero-order valence-electron chi connectivity index (χ0n) is 11.3. The number of para-hydroxylation sites is 2. The van der Waals surface area contributed by atoms with Crippen molar-refractivity contribution in [2.24, 2.45) is 0 Å². The summed E-state index contributed by atoms with van der Waals surface area (Å²) < 4.78 is 10.7. The number of rotatable bonds is 8. The van der Waals surface area contributed by atoms with Crippen LogP contribution in [0.4, 0.5) is 0 Å². The first-order valence-corrected chi connectivity index (χ1v) is 6.34. The van der Waals surface area contributed by atoms with Gasteiger partial charge in [0, 0.05) is 12.6 Å². The zero-order valence-corrected chi connectivity index (χ0v) is 11.3. The van der Waals surface area contributed by atoms with Crippen molar-refractivity contribution in [3.63, 3.8) is 0 Å². The third-order valence-electron chi connectivity index (χ3n) is 2.81. The predicted molar refractivity (Wildman–Crippen MR) is 72.3 cm³/mol. The number of ether oxygens (including phenoxy) is 2. The van der Waals surface area contributed by atoms with E-state index in [1.807, 2.05) is 24.3 Å². The lowest BCUT2D eigenvalue weighted by Crippen LogP contribution is -2.36. The van der Waals surface area contributed by atoms with E-state index in [1.54, 1.807) is 7.11 Å². The lowest BCUT2D eigenvalue weighted by molar-refractivity contribution is 0.102. The molecule has 0 radical (unpaired) electrons. The number of hydrogen-bond acceptors (Lipinski definition) is 4. The molecule has 1 aromatic carbocycles. The summed E-state index contributed by atoms with van der Waals surface area (Å²) in [4.78, 5) is 0. The summed E-state index contributed by atoms with van der Waals surface area (Å²) in [7, 11) is 1.60. The van der Waals surface area contributed by atoms with Crippen LogP contribution in [0.2, 0.25) is 0 Å². The second kappa shape index (κ2) is 7.95. The number of methoxy groups -OCH3 is 1. The Bertz CT molecular complexity index is 344. The second-order valence-electron chi connectivity index (χ2n) is 4.33. The van der Waals surface area contributed by atoms with E-state index in [0.717, 1.165) is 6.42 Å². The molecule has 0 spiro atoms. The lowest BCUT2D eigenvalue weighted by atomic mass is 10.2. The zero-order chi connectivity index (χ0) is 13.4. The SMILES string of the molecule is CC[C@H](C)NC[C@H](O)COc1ccccc1OC. The summed E-state index contributed by atoms with van der Waals surface area (Å²) >= 11 is 0. The molecule has 1 aromatic rings. The summed E-state index contributed by atoms with van der Waals surface area (Å²) in [6.07, 6.45) is 0.518. The first kappa shape index (κ1) is 14.8. The molecule has 102 valence electrons. The van der Waals surface area contributed by atoms with E-state index in [1.165, 1.54) is 0 Å². The van der Waals surface area contributed by atoms with Gasteiger partial charge in [0.05, 0.1) is 7.11 Å². The summed E-state index contributed by atoms with van der Waals surface area (Å²) in [6.45, 7) is 4.98. The fraction of sp³-hybridized carbons (Fsp3) is 0.571. The molecule has 2 N–H and O–H groups in total. The van der Waals surface area contributed by atoms with Gasteiger partial charge in [-0.15, -0.1) is 0 Å². The maximum atomic E-state index is 9.79. The molecule has 0 unspecified atom stereocenters. The molecule has 1 rings (SSSR count). The van der Waals surface area contributed by atoms with E-state index >= 15 is 0 Å². The molecule has 0 bridgehead atoms. The van der Waals surface area contributed by atoms with Gasteiger partial charge in [-0.3, -0.25) is 0 Å². The summed E-state index contributed by atoms with van der Waals surface area (Å²) in [5, 5.41) is 13.0. The molecule has 0 aliphatic carbocycles. The number of benzene rings is 1. The van der Waals surface area contributed by atoms with E-state index in [2.05, 4.69) is 19.2 Å². The van der Waals surface area contributed by atoms with Gasteiger partial charge in [-0.25, -0.2) is 0 Å². The maximum absolute atomic E-state index is 9.79. The molecular weight excluding hydrogens is 230 g/mol. The molecule has 0 aliphatic rings. The first-order valence-electron chi connectivity index (χ1n) is 6.34. The van der Waals surface area contributed by atoms with E-state index in [9.17, 15) is 5.11 Å². The second-order valence-corrected chi connectivity index (χ2v) is 4.33. The van der Waals surface area contributed by atoms with E-state index in [0.29, 0.717) is 24.1 Å². The van der Waals surface area contributed by atoms with Crippen LogP contribution >= 0.6 is 0 Å². The van der Waals surface area contributed by atoms with Crippen LogP contribution in [0.25, 0.3) is 0 Å². The Morgan fingerprint density at radius 1 is 1.28 bits per heavy atom. The highest BCUT2D eigenvalue weighted by molar-refractivity contribution is 5.39. The van der Waals surface area contributed by atoms with Crippen molar-refractivity contribution in [3.05, 3.63) is 24.3 Å². The third kappa shape index (κ3) is 4.94. The Morgan fingerprint density at radius 2 is 1.94 bits per heavy atom. The molecule has 2 atom stereocenters. The normalized spacial score (nSPS) is 14.0. The highest BCUT2D eigenvalue weighted by Crippen LogP contribution is 2.25. The van der Waals surface area contributed by atoms with Crippen LogP contribution in [-0.4, -0.2) is 37.5 Å². The summed E-state index contributed by atoms with van der Waals surface area (Å²) in [5.41, 5.74) is 0. The average molecular weight is 253 g/mol. The van der Waals surface area contributed by atoms with Crippen molar-refractivity contribution < 1.29 is 14.6 Å². The smallest absolute Gasteiger partial charge is 0.161 e. The highest BCUT2D eigenvalue weighted by atomic mass is 16.5. The molecule has 4 heteroatoms. The van der Waals surface area contributed by atoms with Crippen LogP contribution in [0.5, 0.6) is 11.5 Å². The Morgan fingerprint density at radius 3 is 2.56 bits per heavy atom. The van der Waals surface area contributed by atoms with Gasteiger partial charge in [0.25, 0.3) is 0 Å². The van der Waals surface area contributed by atoms with Gasteiger partial charge in [0.15, 0.2) is 11.5 Å². The fourth-order valence-electron chi connectivity index (χ4n) is 1.46. The van der Waals surface area contributed by atoms with Crippen molar-refractivity contribution in [3.8, 4) is 11.5 Å². The minimum atomic E-state index is -0.524. The largest absolute Gasteiger partial charge is 0.493 e. The molecule has 0 saturated carbocycles. The van der Waals surface area contributed by atoms with Gasteiger partial charge in [0.1, 0.15) is 12.7 Å². The minimum absolute atomic E-state index is 0.254. The predicted octanol–water partition coefficient (Wildman–Crippen LogP) is 1.82. The maximum Gasteiger partial charge on any atom is 0.161 e. The molecule has 0 aromatic heterocycles. The number of nitrogens with one attached hydrogen (secondary N) is 1. The Kier molecular flexibility index (Phi) is 6.54. The van der Waals surface area contributed by atoms with Crippen LogP contribution < -0.4 is 14.8 Å². The van der Waals surface area contributed by atoms with Crippen LogP contribution in [0.15, 0.2) is 24.3 Å². The van der Waals surface area contributed by atoms with Crippen molar-refractivity contribution in [2.75, 3.05) is 20.3 Å². The van der Waals surface area contributed by atoms with E-state index in [4.69, 9.17) is 9.47 Å². The van der Waals surface area contributed by atoms with Crippen molar-refractivity contribution in [1.29, 1.82) is 0 Å². The molecule has 4 nitrogen and oxygen atoms in total. The molecule has 0 heterocycles. The van der Waals surface area contributed by atoms with Crippen LogP contribution in [0.1, 0.15) is 20.3 Å². The fourth-order valence-corrected chi connectivity index (χ4v) is 1.46. The Labute approximate surface area is 109 Å². The van der Waals surface area contributed by atoms with Gasteiger partial charge in [-0.2, -0.15) is 0 Å². The Hall–Kier alpha value is -1.26. The van der Waals surface area contributed by atoms with Gasteiger partial charge < -0.3 is 19.9 Å². The standard InChI is InChI=1S/C14H23NO3/c1-4-11(2)15-9-12(16)10-18-14-8-6-5-7-13(14)17-3/h5-8,11-12,15-16H,4,9-10H2,1-3H3/t11-,12-/m0/s1. The van der Waals surface area contributed by atoms with Gasteiger partial charge in [-0.1, -0.05) is 19.1 Å². The van der Waals surface area contributed by atoms with E-state index < -0.39 is 6.10 Å². The van der Waals surface area contributed by atoms with Gasteiger partial charge in [0.2, 0.25) is 0 Å². The first-order chi connectivity index (χ1) is 8.67. The molecule has 0 aliphatic heterocycles. The molecule has 0 saturated heterocycles. The quantitative estimate of drug-likeness (QED) is 0.742.